The van der Waals surface area contributed by atoms with Gasteiger partial charge in [0.15, 0.2) is 0 Å². The van der Waals surface area contributed by atoms with Gasteiger partial charge in [0, 0.05) is 33.3 Å². The molecule has 1 saturated heterocycles. The summed E-state index contributed by atoms with van der Waals surface area (Å²) in [6.45, 7) is 3.05. The molecule has 1 aromatic heterocycles. The first-order chi connectivity index (χ1) is 11.5. The molecule has 1 aliphatic heterocycles. The number of methoxy groups -OCH3 is 1. The lowest BCUT2D eigenvalue weighted by molar-refractivity contribution is -0.121. The molecule has 24 heavy (non-hydrogen) atoms. The molecule has 2 heterocycles. The lowest BCUT2D eigenvalue weighted by Gasteiger charge is -2.37. The van der Waals surface area contributed by atoms with Gasteiger partial charge in [-0.05, 0) is 36.8 Å². The van der Waals surface area contributed by atoms with Gasteiger partial charge in [0.25, 0.3) is 0 Å². The van der Waals surface area contributed by atoms with Crippen molar-refractivity contribution in [3.63, 3.8) is 0 Å². The highest BCUT2D eigenvalue weighted by molar-refractivity contribution is 5.93. The highest BCUT2D eigenvalue weighted by Crippen LogP contribution is 2.39. The van der Waals surface area contributed by atoms with Gasteiger partial charge >= 0.3 is 5.97 Å². The normalized spacial score (nSPS) is 29.2. The Hall–Kier alpha value is -2.15. The van der Waals surface area contributed by atoms with Crippen LogP contribution in [-0.2, 0) is 9.53 Å². The van der Waals surface area contributed by atoms with Crippen LogP contribution in [0.1, 0.15) is 30.1 Å². The Bertz CT molecular complexity index is 636. The lowest BCUT2D eigenvalue weighted by Crippen LogP contribution is -2.49. The topological polar surface area (TPSA) is 91.8 Å². The fraction of sp³-hybridized carbons (Fsp3) is 0.588. The fourth-order valence-corrected chi connectivity index (χ4v) is 4.08. The Morgan fingerprint density at radius 2 is 2.04 bits per heavy atom. The van der Waals surface area contributed by atoms with Gasteiger partial charge in [-0.1, -0.05) is 0 Å². The number of aromatic nitrogens is 1. The summed E-state index contributed by atoms with van der Waals surface area (Å²) in [4.78, 5) is 29.2. The van der Waals surface area contributed by atoms with E-state index in [1.807, 2.05) is 0 Å². The van der Waals surface area contributed by atoms with Gasteiger partial charge in [0.05, 0.1) is 12.1 Å². The molecule has 1 aliphatic carbocycles. The van der Waals surface area contributed by atoms with E-state index in [1.165, 1.54) is 6.92 Å². The number of nitrogens with one attached hydrogen (secondary N) is 1. The second-order valence-corrected chi connectivity index (χ2v) is 6.66. The quantitative estimate of drug-likeness (QED) is 0.859. The summed E-state index contributed by atoms with van der Waals surface area (Å²) in [6.07, 6.45) is 3.33. The highest BCUT2D eigenvalue weighted by Gasteiger charge is 2.43. The minimum absolute atomic E-state index is 0.00206. The fourth-order valence-electron chi connectivity index (χ4n) is 4.08. The number of hydrogen-bond donors (Lipinski definition) is 2. The van der Waals surface area contributed by atoms with E-state index in [0.717, 1.165) is 25.9 Å². The van der Waals surface area contributed by atoms with Crippen LogP contribution in [0.5, 0.6) is 0 Å². The smallest absolute Gasteiger partial charge is 0.339 e. The Labute approximate surface area is 141 Å². The second-order valence-electron chi connectivity index (χ2n) is 6.66. The number of fused-ring (bicyclic) bond motifs is 1. The summed E-state index contributed by atoms with van der Waals surface area (Å²) in [5.41, 5.74) is 0.234. The van der Waals surface area contributed by atoms with Gasteiger partial charge in [0.1, 0.15) is 11.4 Å². The summed E-state index contributed by atoms with van der Waals surface area (Å²) in [5, 5.41) is 12.4. The average Bonchev–Trinajstić information content (AvgIpc) is 2.96. The third-order valence-corrected chi connectivity index (χ3v) is 5.13. The van der Waals surface area contributed by atoms with Gasteiger partial charge in [-0.15, -0.1) is 0 Å². The van der Waals surface area contributed by atoms with Crippen molar-refractivity contribution in [1.82, 2.24) is 10.3 Å². The van der Waals surface area contributed by atoms with Gasteiger partial charge in [-0.3, -0.25) is 4.79 Å². The van der Waals surface area contributed by atoms with E-state index in [2.05, 4.69) is 15.2 Å². The van der Waals surface area contributed by atoms with Crippen LogP contribution in [0.2, 0.25) is 0 Å². The van der Waals surface area contributed by atoms with Crippen molar-refractivity contribution in [2.75, 3.05) is 25.1 Å². The maximum Gasteiger partial charge on any atom is 0.339 e. The molecule has 0 aromatic carbocycles. The van der Waals surface area contributed by atoms with Gasteiger partial charge in [0.2, 0.25) is 5.91 Å². The molecule has 130 valence electrons. The van der Waals surface area contributed by atoms with E-state index in [9.17, 15) is 14.7 Å². The van der Waals surface area contributed by atoms with E-state index in [4.69, 9.17) is 4.74 Å². The summed E-state index contributed by atoms with van der Waals surface area (Å²) in [7, 11) is 1.67. The first-order valence-corrected chi connectivity index (χ1v) is 8.22. The molecule has 7 heteroatoms. The van der Waals surface area contributed by atoms with Crippen molar-refractivity contribution in [2.45, 2.75) is 31.9 Å². The highest BCUT2D eigenvalue weighted by atomic mass is 16.5. The van der Waals surface area contributed by atoms with Crippen LogP contribution < -0.4 is 10.2 Å². The van der Waals surface area contributed by atoms with E-state index in [-0.39, 0.29) is 23.6 Å². The summed E-state index contributed by atoms with van der Waals surface area (Å²) in [5.74, 6) is 0.344. The van der Waals surface area contributed by atoms with Crippen LogP contribution >= 0.6 is 0 Å². The Balaban J connectivity index is 1.77. The van der Waals surface area contributed by atoms with E-state index < -0.39 is 5.97 Å². The maximum atomic E-state index is 11.4. The van der Waals surface area contributed by atoms with Crippen LogP contribution in [0.15, 0.2) is 18.3 Å². The monoisotopic (exact) mass is 333 g/mol. The number of carboxylic acids is 1. The number of pyridine rings is 1. The van der Waals surface area contributed by atoms with Crippen molar-refractivity contribution in [3.8, 4) is 0 Å². The Morgan fingerprint density at radius 1 is 1.33 bits per heavy atom. The van der Waals surface area contributed by atoms with Gasteiger partial charge in [-0.2, -0.15) is 0 Å². The predicted octanol–water partition coefficient (Wildman–Crippen LogP) is 1.15. The van der Waals surface area contributed by atoms with Crippen LogP contribution in [0.3, 0.4) is 0 Å². The van der Waals surface area contributed by atoms with Gasteiger partial charge < -0.3 is 20.1 Å². The Kier molecular flexibility index (Phi) is 4.71. The van der Waals surface area contributed by atoms with Crippen LogP contribution in [0.4, 0.5) is 5.82 Å². The second kappa shape index (κ2) is 6.76. The first kappa shape index (κ1) is 16.7. The number of hydrogen-bond acceptors (Lipinski definition) is 5. The molecule has 2 fully saturated rings. The summed E-state index contributed by atoms with van der Waals surface area (Å²) >= 11 is 0. The number of anilines is 1. The van der Waals surface area contributed by atoms with Crippen molar-refractivity contribution in [2.24, 2.45) is 11.8 Å². The summed E-state index contributed by atoms with van der Waals surface area (Å²) < 4.78 is 5.57. The molecule has 1 amide bonds. The molecule has 2 N–H and O–H groups in total. The first-order valence-electron chi connectivity index (χ1n) is 8.22. The molecule has 3 rings (SSSR count). The van der Waals surface area contributed by atoms with E-state index >= 15 is 0 Å². The third-order valence-electron chi connectivity index (χ3n) is 5.13. The molecule has 1 aromatic rings. The molecule has 7 nitrogen and oxygen atoms in total. The molecule has 0 radical (unpaired) electrons. The number of nitrogens with zero attached hydrogens (tertiary/aromatic N) is 2. The zero-order chi connectivity index (χ0) is 17.3. The van der Waals surface area contributed by atoms with Crippen LogP contribution in [0, 0.1) is 11.8 Å². The molecular formula is C17H23N3O4. The number of ether oxygens (including phenoxy) is 1. The van der Waals surface area contributed by atoms with Crippen molar-refractivity contribution < 1.29 is 19.4 Å². The predicted molar refractivity (Wildman–Crippen MR) is 88.0 cm³/mol. The number of amides is 1. The standard InChI is InChI=1S/C17H23N3O4/c1-10(21)19-14-6-11-8-20(9-12(11)7-15(14)24-2)16-13(17(22)23)4-3-5-18-16/h3-5,11-12,14-15H,6-9H2,1-2H3,(H,19,21)(H,22,23)/t11-,12+,14-,15-/m1/s1. The number of carboxylic acid groups (broad SMARTS) is 1. The largest absolute Gasteiger partial charge is 0.478 e. The molecule has 2 aliphatic rings. The molecule has 0 unspecified atom stereocenters. The lowest BCUT2D eigenvalue weighted by atomic mass is 9.77. The SMILES string of the molecule is CO[C@@H]1C[C@H]2CN(c3ncccc3C(=O)O)C[C@H]2C[C@H]1NC(C)=O. The zero-order valence-electron chi connectivity index (χ0n) is 13.9. The van der Waals surface area contributed by atoms with Crippen molar-refractivity contribution in [3.05, 3.63) is 23.9 Å². The Morgan fingerprint density at radius 3 is 2.67 bits per heavy atom. The van der Waals surface area contributed by atoms with Crippen LogP contribution in [0.25, 0.3) is 0 Å². The molecular weight excluding hydrogens is 310 g/mol. The van der Waals surface area contributed by atoms with Crippen LogP contribution in [-0.4, -0.2) is 54.3 Å². The number of aromatic carboxylic acids is 1. The van der Waals surface area contributed by atoms with Crippen molar-refractivity contribution in [1.29, 1.82) is 0 Å². The van der Waals surface area contributed by atoms with E-state index in [1.54, 1.807) is 25.4 Å². The number of carbonyl (C=O) groups is 2. The number of rotatable bonds is 4. The number of carbonyl (C=O) groups excluding carboxylic acids is 1. The zero-order valence-corrected chi connectivity index (χ0v) is 13.9. The molecule has 4 atom stereocenters. The van der Waals surface area contributed by atoms with Crippen molar-refractivity contribution >= 4 is 17.7 Å². The summed E-state index contributed by atoms with van der Waals surface area (Å²) in [6, 6.07) is 3.24. The van der Waals surface area contributed by atoms with Gasteiger partial charge in [-0.25, -0.2) is 9.78 Å². The average molecular weight is 333 g/mol. The molecule has 1 saturated carbocycles. The third kappa shape index (κ3) is 3.21. The molecule has 0 spiro atoms. The molecule has 0 bridgehead atoms. The van der Waals surface area contributed by atoms with E-state index in [0.29, 0.717) is 17.7 Å². The minimum atomic E-state index is -0.959. The minimum Gasteiger partial charge on any atom is -0.478 e. The maximum absolute atomic E-state index is 11.4.